The maximum Gasteiger partial charge on any atom is 0.417 e. The molecular formula is C19H16F3N3O5S. The van der Waals surface area contributed by atoms with E-state index in [0.717, 1.165) is 27.3 Å². The number of hydrogen-bond donors (Lipinski definition) is 3. The van der Waals surface area contributed by atoms with Gasteiger partial charge < -0.3 is 10.2 Å². The van der Waals surface area contributed by atoms with Gasteiger partial charge >= 0.3 is 11.9 Å². The maximum atomic E-state index is 13.2. The number of halogens is 3. The molecule has 1 fully saturated rings. The van der Waals surface area contributed by atoms with Crippen LogP contribution in [0.15, 0.2) is 58.2 Å². The number of imidazole rings is 1. The highest BCUT2D eigenvalue weighted by molar-refractivity contribution is 7.92. The minimum Gasteiger partial charge on any atom is -0.491 e. The quantitative estimate of drug-likeness (QED) is 0.547. The summed E-state index contributed by atoms with van der Waals surface area (Å²) >= 11 is 0. The molecular weight excluding hydrogens is 439 g/mol. The fraction of sp³-hybridized carbons (Fsp3) is 0.211. The second-order valence-electron chi connectivity index (χ2n) is 7.02. The summed E-state index contributed by atoms with van der Waals surface area (Å²) in [6, 6.07) is 8.66. The molecule has 0 aliphatic heterocycles. The summed E-state index contributed by atoms with van der Waals surface area (Å²) in [7, 11) is -4.63. The van der Waals surface area contributed by atoms with Crippen LogP contribution in [0.25, 0.3) is 5.69 Å². The molecule has 0 radical (unpaired) electrons. The highest BCUT2D eigenvalue weighted by atomic mass is 32.2. The summed E-state index contributed by atoms with van der Waals surface area (Å²) in [5.41, 5.74) is -2.17. The van der Waals surface area contributed by atoms with E-state index < -0.39 is 44.1 Å². The first kappa shape index (κ1) is 20.8. The van der Waals surface area contributed by atoms with E-state index >= 15 is 0 Å². The van der Waals surface area contributed by atoms with Crippen LogP contribution in [0.4, 0.5) is 18.9 Å². The zero-order valence-corrected chi connectivity index (χ0v) is 16.5. The van der Waals surface area contributed by atoms with Crippen LogP contribution in [0.1, 0.15) is 24.4 Å². The molecule has 0 bridgehead atoms. The van der Waals surface area contributed by atoms with Crippen LogP contribution >= 0.6 is 0 Å². The number of nitrogens with one attached hydrogen (secondary N) is 1. The van der Waals surface area contributed by atoms with Crippen molar-refractivity contribution in [3.63, 3.8) is 0 Å². The first-order valence-electron chi connectivity index (χ1n) is 9.05. The summed E-state index contributed by atoms with van der Waals surface area (Å²) in [6.07, 6.45) is -3.56. The van der Waals surface area contributed by atoms with Crippen molar-refractivity contribution in [3.8, 4) is 17.4 Å². The molecule has 4 rings (SSSR count). The van der Waals surface area contributed by atoms with Crippen molar-refractivity contribution in [1.82, 2.24) is 9.13 Å². The molecule has 12 heteroatoms. The van der Waals surface area contributed by atoms with Gasteiger partial charge in [-0.3, -0.25) is 9.29 Å². The van der Waals surface area contributed by atoms with Gasteiger partial charge in [0, 0.05) is 6.04 Å². The van der Waals surface area contributed by atoms with E-state index in [1.807, 2.05) is 0 Å². The van der Waals surface area contributed by atoms with Gasteiger partial charge in [-0.2, -0.15) is 13.2 Å². The average Bonchev–Trinajstić information content (AvgIpc) is 3.49. The van der Waals surface area contributed by atoms with Crippen LogP contribution in [0.5, 0.6) is 11.8 Å². The predicted molar refractivity (Wildman–Crippen MR) is 104 cm³/mol. The van der Waals surface area contributed by atoms with Crippen LogP contribution in [0.3, 0.4) is 0 Å². The molecule has 1 aliphatic rings. The van der Waals surface area contributed by atoms with Crippen molar-refractivity contribution in [3.05, 3.63) is 64.6 Å². The number of hydrogen-bond acceptors (Lipinski definition) is 5. The zero-order valence-electron chi connectivity index (χ0n) is 15.7. The molecule has 1 heterocycles. The Bertz CT molecular complexity index is 1320. The molecule has 1 aromatic heterocycles. The minimum atomic E-state index is -4.88. The summed E-state index contributed by atoms with van der Waals surface area (Å²) in [6.45, 7) is 0. The molecule has 3 aromatic rings. The van der Waals surface area contributed by atoms with Gasteiger partial charge in [-0.05, 0) is 43.2 Å². The van der Waals surface area contributed by atoms with Gasteiger partial charge in [0.25, 0.3) is 21.8 Å². The van der Waals surface area contributed by atoms with Crippen molar-refractivity contribution >= 4 is 15.7 Å². The third-order valence-electron chi connectivity index (χ3n) is 4.79. The third kappa shape index (κ3) is 3.74. The van der Waals surface area contributed by atoms with E-state index in [9.17, 15) is 36.6 Å². The van der Waals surface area contributed by atoms with Crippen molar-refractivity contribution in [2.75, 3.05) is 4.72 Å². The standard InChI is InChI=1S/C19H16F3N3O5S/c20-19(21,22)14-6-1-2-7-15(14)31(29,30)23-11-4-3-5-13(10-11)25-17(27)16(26)24(18(25)28)12-8-9-12/h1-7,10,12,23,26-27H,8-9H2. The number of benzene rings is 2. The van der Waals surface area contributed by atoms with Gasteiger partial charge in [0.15, 0.2) is 0 Å². The van der Waals surface area contributed by atoms with E-state index in [1.54, 1.807) is 0 Å². The second kappa shape index (κ2) is 7.08. The molecule has 8 nitrogen and oxygen atoms in total. The average molecular weight is 455 g/mol. The van der Waals surface area contributed by atoms with Crippen molar-refractivity contribution < 1.29 is 31.8 Å². The van der Waals surface area contributed by atoms with Crippen LogP contribution in [-0.4, -0.2) is 27.8 Å². The Morgan fingerprint density at radius 1 is 1.00 bits per heavy atom. The topological polar surface area (TPSA) is 114 Å². The number of aromatic hydroxyl groups is 2. The predicted octanol–water partition coefficient (Wildman–Crippen LogP) is 3.20. The lowest BCUT2D eigenvalue weighted by Crippen LogP contribution is -2.22. The number of nitrogens with zero attached hydrogens (tertiary/aromatic N) is 2. The number of alkyl halides is 3. The van der Waals surface area contributed by atoms with Crippen LogP contribution in [0.2, 0.25) is 0 Å². The molecule has 3 N–H and O–H groups in total. The summed E-state index contributed by atoms with van der Waals surface area (Å²) < 4.78 is 68.8. The largest absolute Gasteiger partial charge is 0.491 e. The van der Waals surface area contributed by atoms with Crippen molar-refractivity contribution in [2.24, 2.45) is 0 Å². The van der Waals surface area contributed by atoms with Crippen LogP contribution < -0.4 is 10.4 Å². The molecule has 0 unspecified atom stereocenters. The van der Waals surface area contributed by atoms with E-state index in [4.69, 9.17) is 0 Å². The van der Waals surface area contributed by atoms with E-state index in [1.165, 1.54) is 24.3 Å². The summed E-state index contributed by atoms with van der Waals surface area (Å²) in [5.74, 6) is -1.34. The number of rotatable bonds is 5. The normalized spacial score (nSPS) is 14.5. The molecule has 1 saturated carbocycles. The monoisotopic (exact) mass is 455 g/mol. The van der Waals surface area contributed by atoms with Gasteiger partial charge in [-0.25, -0.2) is 17.8 Å². The first-order chi connectivity index (χ1) is 14.5. The molecule has 2 aromatic carbocycles. The van der Waals surface area contributed by atoms with Gasteiger partial charge in [0.1, 0.15) is 0 Å². The van der Waals surface area contributed by atoms with Crippen LogP contribution in [0, 0.1) is 0 Å². The lowest BCUT2D eigenvalue weighted by atomic mass is 10.2. The van der Waals surface area contributed by atoms with Crippen LogP contribution in [-0.2, 0) is 16.2 Å². The fourth-order valence-corrected chi connectivity index (χ4v) is 4.52. The Morgan fingerprint density at radius 3 is 2.32 bits per heavy atom. The Labute approximate surface area is 173 Å². The highest BCUT2D eigenvalue weighted by Crippen LogP contribution is 2.40. The fourth-order valence-electron chi connectivity index (χ4n) is 3.25. The van der Waals surface area contributed by atoms with E-state index in [2.05, 4.69) is 4.72 Å². The zero-order chi connectivity index (χ0) is 22.6. The second-order valence-corrected chi connectivity index (χ2v) is 8.67. The Balaban J connectivity index is 1.73. The smallest absolute Gasteiger partial charge is 0.417 e. The van der Waals surface area contributed by atoms with Gasteiger partial charge in [0.2, 0.25) is 0 Å². The Morgan fingerprint density at radius 2 is 1.68 bits per heavy atom. The molecule has 31 heavy (non-hydrogen) atoms. The minimum absolute atomic E-state index is 0.0153. The molecule has 164 valence electrons. The Hall–Kier alpha value is -3.41. The van der Waals surface area contributed by atoms with E-state index in [-0.39, 0.29) is 17.4 Å². The third-order valence-corrected chi connectivity index (χ3v) is 6.23. The highest BCUT2D eigenvalue weighted by Gasteiger charge is 2.37. The molecule has 0 saturated heterocycles. The molecule has 1 aliphatic carbocycles. The molecule has 0 amide bonds. The van der Waals surface area contributed by atoms with Gasteiger partial charge in [-0.1, -0.05) is 18.2 Å². The van der Waals surface area contributed by atoms with Gasteiger partial charge in [-0.15, -0.1) is 0 Å². The SMILES string of the molecule is O=c1n(-c2cccc(NS(=O)(=O)c3ccccc3C(F)(F)F)c2)c(O)c(O)n1C1CC1. The number of sulfonamides is 1. The Kier molecular flexibility index (Phi) is 4.76. The number of anilines is 1. The maximum absolute atomic E-state index is 13.2. The number of aromatic nitrogens is 2. The molecule has 0 spiro atoms. The lowest BCUT2D eigenvalue weighted by Gasteiger charge is -2.14. The van der Waals surface area contributed by atoms with E-state index in [0.29, 0.717) is 18.9 Å². The molecule has 0 atom stereocenters. The lowest BCUT2D eigenvalue weighted by molar-refractivity contribution is -0.139. The summed E-state index contributed by atoms with van der Waals surface area (Å²) in [5, 5.41) is 20.2. The van der Waals surface area contributed by atoms with Gasteiger partial charge in [0.05, 0.1) is 21.8 Å². The first-order valence-corrected chi connectivity index (χ1v) is 10.5. The summed E-state index contributed by atoms with van der Waals surface area (Å²) in [4.78, 5) is 11.7. The van der Waals surface area contributed by atoms with Crippen molar-refractivity contribution in [2.45, 2.75) is 30.0 Å². The van der Waals surface area contributed by atoms with Crippen molar-refractivity contribution in [1.29, 1.82) is 0 Å².